The van der Waals surface area contributed by atoms with Crippen LogP contribution in [0.1, 0.15) is 20.8 Å². The van der Waals surface area contributed by atoms with Gasteiger partial charge in [0.15, 0.2) is 22.8 Å². The van der Waals surface area contributed by atoms with Crippen LogP contribution in [0.15, 0.2) is 178 Å². The molecule has 0 bridgehead atoms. The van der Waals surface area contributed by atoms with Gasteiger partial charge in [-0.05, 0) is 198 Å². The van der Waals surface area contributed by atoms with E-state index in [1.165, 1.54) is 31.1 Å². The molecule has 0 radical (unpaired) electrons. The van der Waals surface area contributed by atoms with Crippen LogP contribution in [0.4, 0.5) is 39.3 Å². The molecule has 90 heavy (non-hydrogen) atoms. The zero-order chi connectivity index (χ0) is 65.4. The molecule has 11 aromatic rings. The van der Waals surface area contributed by atoms with E-state index in [0.717, 1.165) is 37.8 Å². The van der Waals surface area contributed by atoms with Gasteiger partial charge in [-0.15, -0.1) is 0 Å². The lowest BCUT2D eigenvalue weighted by atomic mass is 9.81. The van der Waals surface area contributed by atoms with Crippen molar-refractivity contribution in [3.63, 3.8) is 0 Å². The van der Waals surface area contributed by atoms with E-state index in [0.29, 0.717) is 87.1 Å². The molecule has 0 aliphatic carbocycles. The lowest BCUT2D eigenvalue weighted by Gasteiger charge is -2.19. The van der Waals surface area contributed by atoms with E-state index in [-0.39, 0.29) is 11.8 Å². The number of carbonyl (C=O) groups is 4. The van der Waals surface area contributed by atoms with Crippen molar-refractivity contribution in [1.82, 2.24) is 59.2 Å². The van der Waals surface area contributed by atoms with Gasteiger partial charge in [0.1, 0.15) is 49.3 Å². The van der Waals surface area contributed by atoms with Gasteiger partial charge in [-0.2, -0.15) is 15.3 Å². The maximum atomic E-state index is 12.1. The van der Waals surface area contributed by atoms with E-state index in [4.69, 9.17) is 71.9 Å². The molecule has 458 valence electrons. The van der Waals surface area contributed by atoms with Gasteiger partial charge in [0.05, 0.1) is 33.2 Å². The largest absolute Gasteiger partial charge is 0.488 e. The van der Waals surface area contributed by atoms with Crippen LogP contribution in [0.2, 0.25) is 10.0 Å². The molecular weight excluding hydrogens is 1440 g/mol. The van der Waals surface area contributed by atoms with Gasteiger partial charge >= 0.3 is 13.2 Å². The Bertz CT molecular complexity index is 4400. The molecule has 25 nitrogen and oxygen atoms in total. The Morgan fingerprint density at radius 2 is 0.956 bits per heavy atom. The number of nitrogen functional groups attached to an aromatic ring is 3. The minimum atomic E-state index is -1.41. The Hall–Kier alpha value is -9.44. The van der Waals surface area contributed by atoms with Crippen LogP contribution in [0, 0.1) is 7.40 Å². The maximum Gasteiger partial charge on any atom is 0.488 e. The highest BCUT2D eigenvalue weighted by Gasteiger charge is 2.22. The summed E-state index contributed by atoms with van der Waals surface area (Å²) in [6, 6.07) is 35.4. The molecular formula is C59H52BCl3I2N18O7. The molecule has 0 aliphatic rings. The van der Waals surface area contributed by atoms with E-state index in [2.05, 4.69) is 121 Å². The summed E-state index contributed by atoms with van der Waals surface area (Å²) in [5, 5.41) is 41.7. The third kappa shape index (κ3) is 18.1. The number of anilines is 6. The molecule has 6 heterocycles. The molecule has 0 atom stereocenters. The van der Waals surface area contributed by atoms with Crippen molar-refractivity contribution in [2.45, 2.75) is 26.4 Å². The van der Waals surface area contributed by atoms with E-state index < -0.39 is 24.1 Å². The topological polar surface area (TPSA) is 363 Å². The minimum Gasteiger partial charge on any atom is -0.444 e. The maximum absolute atomic E-state index is 12.1. The number of aromatic nitrogens is 12. The molecule has 0 saturated carbocycles. The van der Waals surface area contributed by atoms with Gasteiger partial charge in [-0.3, -0.25) is 19.7 Å². The number of benzene rings is 5. The first-order valence-corrected chi connectivity index (χ1v) is 29.3. The lowest BCUT2D eigenvalue weighted by Crippen LogP contribution is -2.29. The Kier molecular flexibility index (Phi) is 23.6. The molecule has 0 fully saturated rings. The number of amides is 3. The standard InChI is InChI=1S/C20H15ClN6O.C16H17IN6O2.C14H11IN6O.C6H6BClO2.C3H3ClO/c1-2-16(28)25-14-7-9-15(10-8-14)27-20-17(19(22)23-11-24-20)18(26-27)12-3-5-13(21)6-4-12;1-16(2,3)25-15(24)21-13-11-12(17)22-23(14(11)20-8-19-13)10-6-4-9(18)5-7-10;1-2-10(22)19-8-3-5-9(6-4-8)21-14-11(12(15)20-21)13(16)17-7-18-14;8-6-3-1-5(2-4-6)7(9)10;1-2-3(4)5/h2-11H,1H2,(H,25,28)(H2,22,23,24);4-8H,18H2,1-3H3,(H,19,20,21,24);2-7H,1H2,(H,19,22)(H2,16,17,18);1-4,9-10H;2H,1H2. The van der Waals surface area contributed by atoms with Crippen molar-refractivity contribution >= 4 is 183 Å². The van der Waals surface area contributed by atoms with Gasteiger partial charge in [0, 0.05) is 32.7 Å². The number of carbonyl (C=O) groups excluding carboxylic acids is 4. The normalized spacial score (nSPS) is 10.6. The molecule has 0 spiro atoms. The SMILES string of the molecule is C=CC(=O)Cl.C=CC(=O)Nc1ccc(-n2nc(-c3ccc(Cl)cc3)c3c(N)ncnc32)cc1.C=CC(=O)Nc1ccc(-n2nc(I)c3c(N)ncnc32)cc1.CC(C)(C)OC(=O)Nc1ncnc2c1c(I)nn2-c1ccc(N)cc1.OB(O)c1ccc(Cl)cc1. The molecule has 31 heteroatoms. The molecule has 3 amide bonds. The molecule has 11 rings (SSSR count). The highest BCUT2D eigenvalue weighted by Crippen LogP contribution is 2.33. The predicted molar refractivity (Wildman–Crippen MR) is 369 cm³/mol. The second kappa shape index (κ2) is 31.1. The Labute approximate surface area is 555 Å². The first kappa shape index (κ1) is 68.1. The summed E-state index contributed by atoms with van der Waals surface area (Å²) in [6.45, 7) is 15.3. The summed E-state index contributed by atoms with van der Waals surface area (Å²) in [4.78, 5) is 69.4. The average molecular weight is 1500 g/mol. The quantitative estimate of drug-likeness (QED) is 0.0196. The van der Waals surface area contributed by atoms with Crippen molar-refractivity contribution in [2.75, 3.05) is 33.2 Å². The summed E-state index contributed by atoms with van der Waals surface area (Å²) >= 11 is 20.4. The first-order chi connectivity index (χ1) is 42.9. The van der Waals surface area contributed by atoms with E-state index >= 15 is 0 Å². The Morgan fingerprint density at radius 1 is 0.556 bits per heavy atom. The van der Waals surface area contributed by atoms with Crippen LogP contribution in [-0.2, 0) is 19.1 Å². The summed E-state index contributed by atoms with van der Waals surface area (Å²) < 4.78 is 11.7. The lowest BCUT2D eigenvalue weighted by molar-refractivity contribution is -0.112. The summed E-state index contributed by atoms with van der Waals surface area (Å²) in [5.74, 6) is 0.562. The average Bonchev–Trinajstić information content (AvgIpc) is 4.18. The van der Waals surface area contributed by atoms with Crippen molar-refractivity contribution in [3.8, 4) is 28.3 Å². The second-order valence-corrected chi connectivity index (χ2v) is 22.4. The number of nitrogens with two attached hydrogens (primary N) is 3. The summed E-state index contributed by atoms with van der Waals surface area (Å²) in [7, 11) is -1.41. The predicted octanol–water partition coefficient (Wildman–Crippen LogP) is 10.3. The molecule has 0 unspecified atom stereocenters. The van der Waals surface area contributed by atoms with Crippen LogP contribution in [-0.4, -0.2) is 105 Å². The third-order valence-corrected chi connectivity index (χ3v) is 13.9. The number of nitrogens with one attached hydrogen (secondary N) is 3. The van der Waals surface area contributed by atoms with Crippen molar-refractivity contribution in [3.05, 3.63) is 196 Å². The fraction of sp³-hybridized carbons (Fsp3) is 0.0678. The second-order valence-electron chi connectivity index (χ2n) is 19.1. The van der Waals surface area contributed by atoms with Crippen LogP contribution in [0.25, 0.3) is 61.4 Å². The van der Waals surface area contributed by atoms with Crippen molar-refractivity contribution < 1.29 is 34.0 Å². The third-order valence-electron chi connectivity index (χ3n) is 11.7. The van der Waals surface area contributed by atoms with E-state index in [1.807, 2.05) is 48.5 Å². The van der Waals surface area contributed by atoms with E-state index in [9.17, 15) is 19.2 Å². The number of allylic oxidation sites excluding steroid dienone is 1. The number of ether oxygens (including phenoxy) is 1. The number of hydrogen-bond acceptors (Lipinski definition) is 19. The first-order valence-electron chi connectivity index (χ1n) is 26.0. The number of rotatable bonds is 11. The number of halogens is 5. The zero-order valence-electron chi connectivity index (χ0n) is 47.6. The van der Waals surface area contributed by atoms with Gasteiger partial charge < -0.3 is 42.6 Å². The van der Waals surface area contributed by atoms with Gasteiger partial charge in [0.2, 0.25) is 17.1 Å². The monoisotopic (exact) mass is 1490 g/mol. The Balaban J connectivity index is 0.000000173. The van der Waals surface area contributed by atoms with E-state index in [1.54, 1.807) is 108 Å². The fourth-order valence-corrected chi connectivity index (χ4v) is 9.37. The minimum absolute atomic E-state index is 0.257. The van der Waals surface area contributed by atoms with Crippen molar-refractivity contribution in [2.24, 2.45) is 0 Å². The highest BCUT2D eigenvalue weighted by molar-refractivity contribution is 14.1. The highest BCUT2D eigenvalue weighted by atomic mass is 127. The smallest absolute Gasteiger partial charge is 0.444 e. The number of nitrogens with zero attached hydrogens (tertiary/aromatic N) is 12. The molecule has 5 aromatic carbocycles. The zero-order valence-corrected chi connectivity index (χ0v) is 54.2. The number of fused-ring (bicyclic) bond motifs is 3. The fourth-order valence-electron chi connectivity index (χ4n) is 7.67. The van der Waals surface area contributed by atoms with Crippen LogP contribution >= 0.6 is 80.0 Å². The molecule has 11 N–H and O–H groups in total. The van der Waals surface area contributed by atoms with Gasteiger partial charge in [-0.1, -0.05) is 67.2 Å². The van der Waals surface area contributed by atoms with Crippen LogP contribution < -0.4 is 38.6 Å². The molecule has 6 aromatic heterocycles. The van der Waals surface area contributed by atoms with Gasteiger partial charge in [-0.25, -0.2) is 48.7 Å². The summed E-state index contributed by atoms with van der Waals surface area (Å²) in [6.07, 6.45) is 7.08. The summed E-state index contributed by atoms with van der Waals surface area (Å²) in [5.41, 5.74) is 25.3. The Morgan fingerprint density at radius 3 is 1.40 bits per heavy atom. The van der Waals surface area contributed by atoms with Crippen molar-refractivity contribution in [1.29, 1.82) is 0 Å². The molecule has 0 aliphatic heterocycles. The van der Waals surface area contributed by atoms with Crippen LogP contribution in [0.3, 0.4) is 0 Å². The molecule has 0 saturated heterocycles. The van der Waals surface area contributed by atoms with Crippen LogP contribution in [0.5, 0.6) is 0 Å². The number of hydrogen-bond donors (Lipinski definition) is 8. The van der Waals surface area contributed by atoms with Gasteiger partial charge in [0.25, 0.3) is 0 Å².